The normalized spacial score (nSPS) is 12.1. The third kappa shape index (κ3) is 4.87. The van der Waals surface area contributed by atoms with Crippen molar-refractivity contribution in [2.75, 3.05) is 0 Å². The second-order valence-electron chi connectivity index (χ2n) is 15.0. The molecule has 6 heteroatoms. The average molecular weight is 772 g/mol. The number of benzene rings is 9. The molecule has 0 atom stereocenters. The van der Waals surface area contributed by atoms with E-state index in [1.165, 1.54) is 14.8 Å². The van der Waals surface area contributed by atoms with Crippen molar-refractivity contribution in [2.45, 2.75) is 0 Å². The highest BCUT2D eigenvalue weighted by Crippen LogP contribution is 2.43. The van der Waals surface area contributed by atoms with Crippen molar-refractivity contribution in [3.8, 4) is 45.3 Å². The van der Waals surface area contributed by atoms with Crippen molar-refractivity contribution in [2.24, 2.45) is 0 Å². The number of hydrogen-bond donors (Lipinski definition) is 0. The molecule has 0 saturated carbocycles. The van der Waals surface area contributed by atoms with E-state index >= 15 is 0 Å². The van der Waals surface area contributed by atoms with E-state index < -0.39 is 0 Å². The van der Waals surface area contributed by atoms with Gasteiger partial charge in [-0.3, -0.25) is 0 Å². The standard InChI is InChI=1S/C53H29N3O2S/c1-4-20-42-38(11-1)48-32-27-25-31(29-30(32)26-28-45(48)58-42)51-54-52(56-53(55-51)41-19-10-24-47-50(41)40-13-3-6-23-46(40)59-47)37-18-8-14-33-34(15-7-16-35(33)37)36-17-9-22-44-49(36)39-12-2-5-21-43(39)57-44/h1-29H. The molecule has 13 rings (SSSR count). The molecule has 0 aliphatic carbocycles. The van der Waals surface area contributed by atoms with E-state index in [0.717, 1.165) is 98.6 Å². The maximum atomic E-state index is 6.31. The second-order valence-corrected chi connectivity index (χ2v) is 16.1. The van der Waals surface area contributed by atoms with Crippen molar-refractivity contribution < 1.29 is 8.83 Å². The van der Waals surface area contributed by atoms with Crippen molar-refractivity contribution in [3.63, 3.8) is 0 Å². The quantitative estimate of drug-likeness (QED) is 0.178. The molecule has 0 saturated heterocycles. The molecule has 59 heavy (non-hydrogen) atoms. The zero-order valence-electron chi connectivity index (χ0n) is 31.3. The van der Waals surface area contributed by atoms with Gasteiger partial charge >= 0.3 is 0 Å². The summed E-state index contributed by atoms with van der Waals surface area (Å²) >= 11 is 1.79. The lowest BCUT2D eigenvalue weighted by Crippen LogP contribution is -2.01. The van der Waals surface area contributed by atoms with Crippen LogP contribution in [0.3, 0.4) is 0 Å². The van der Waals surface area contributed by atoms with E-state index in [1.807, 2.05) is 30.3 Å². The van der Waals surface area contributed by atoms with Crippen LogP contribution in [-0.2, 0) is 0 Å². The molecule has 0 radical (unpaired) electrons. The van der Waals surface area contributed by atoms with Gasteiger partial charge in [0.2, 0.25) is 0 Å². The maximum absolute atomic E-state index is 6.31. The summed E-state index contributed by atoms with van der Waals surface area (Å²) in [6.07, 6.45) is 0. The van der Waals surface area contributed by atoms with E-state index in [-0.39, 0.29) is 0 Å². The van der Waals surface area contributed by atoms with Crippen LogP contribution in [0.15, 0.2) is 185 Å². The molecule has 0 aliphatic rings. The highest BCUT2D eigenvalue weighted by atomic mass is 32.1. The zero-order valence-corrected chi connectivity index (χ0v) is 32.1. The number of fused-ring (bicyclic) bond motifs is 12. The number of para-hydroxylation sites is 2. The molecule has 0 aliphatic heterocycles. The molecular formula is C53H29N3O2S. The topological polar surface area (TPSA) is 65.0 Å². The van der Waals surface area contributed by atoms with E-state index in [2.05, 4.69) is 146 Å². The Morgan fingerprint density at radius 3 is 1.71 bits per heavy atom. The number of rotatable bonds is 4. The van der Waals surface area contributed by atoms with Gasteiger partial charge < -0.3 is 8.83 Å². The van der Waals surface area contributed by atoms with Crippen LogP contribution in [0.1, 0.15) is 0 Å². The zero-order chi connectivity index (χ0) is 38.6. The minimum atomic E-state index is 0.614. The molecule has 9 aromatic carbocycles. The monoisotopic (exact) mass is 771 g/mol. The van der Waals surface area contributed by atoms with Crippen molar-refractivity contribution in [1.29, 1.82) is 0 Å². The molecule has 0 spiro atoms. The second kappa shape index (κ2) is 12.4. The summed E-state index contributed by atoms with van der Waals surface area (Å²) in [4.78, 5) is 16.0. The number of thiophene rings is 1. The minimum absolute atomic E-state index is 0.614. The fraction of sp³-hybridized carbons (Fsp3) is 0. The van der Waals surface area contributed by atoms with Crippen molar-refractivity contribution in [1.82, 2.24) is 15.0 Å². The highest BCUT2D eigenvalue weighted by molar-refractivity contribution is 7.25. The van der Waals surface area contributed by atoms with Gasteiger partial charge in [-0.15, -0.1) is 11.3 Å². The van der Waals surface area contributed by atoms with Gasteiger partial charge in [-0.2, -0.15) is 0 Å². The van der Waals surface area contributed by atoms with Gasteiger partial charge in [0.1, 0.15) is 22.3 Å². The first-order valence-electron chi connectivity index (χ1n) is 19.7. The van der Waals surface area contributed by atoms with Crippen LogP contribution in [0.5, 0.6) is 0 Å². The van der Waals surface area contributed by atoms with E-state index in [4.69, 9.17) is 23.8 Å². The third-order valence-corrected chi connectivity index (χ3v) is 12.9. The Morgan fingerprint density at radius 2 is 0.881 bits per heavy atom. The molecule has 0 bridgehead atoms. The summed E-state index contributed by atoms with van der Waals surface area (Å²) in [6.45, 7) is 0. The Bertz CT molecular complexity index is 3870. The summed E-state index contributed by atoms with van der Waals surface area (Å²) in [5, 5.41) is 11.2. The Morgan fingerprint density at radius 1 is 0.322 bits per heavy atom. The molecule has 4 aromatic heterocycles. The summed E-state index contributed by atoms with van der Waals surface area (Å²) < 4.78 is 15.0. The molecular weight excluding hydrogens is 743 g/mol. The number of hydrogen-bond acceptors (Lipinski definition) is 6. The van der Waals surface area contributed by atoms with Crippen LogP contribution < -0.4 is 0 Å². The van der Waals surface area contributed by atoms with Gasteiger partial charge in [0.05, 0.1) is 0 Å². The molecule has 274 valence electrons. The van der Waals surface area contributed by atoms with E-state index in [0.29, 0.717) is 17.5 Å². The van der Waals surface area contributed by atoms with Gasteiger partial charge in [0, 0.05) is 58.4 Å². The van der Waals surface area contributed by atoms with Crippen LogP contribution in [0, 0.1) is 0 Å². The highest BCUT2D eigenvalue weighted by Gasteiger charge is 2.20. The third-order valence-electron chi connectivity index (χ3n) is 11.8. The van der Waals surface area contributed by atoms with Crippen LogP contribution in [0.4, 0.5) is 0 Å². The molecule has 0 fully saturated rings. The largest absolute Gasteiger partial charge is 0.456 e. The Kier molecular flexibility index (Phi) is 6.82. The van der Waals surface area contributed by atoms with Crippen molar-refractivity contribution in [3.05, 3.63) is 176 Å². The lowest BCUT2D eigenvalue weighted by atomic mass is 9.93. The number of aromatic nitrogens is 3. The van der Waals surface area contributed by atoms with Gasteiger partial charge in [0.15, 0.2) is 17.5 Å². The lowest BCUT2D eigenvalue weighted by molar-refractivity contribution is 0.668. The van der Waals surface area contributed by atoms with E-state index in [9.17, 15) is 0 Å². The van der Waals surface area contributed by atoms with Gasteiger partial charge in [0.25, 0.3) is 0 Å². The lowest BCUT2D eigenvalue weighted by Gasteiger charge is -2.13. The van der Waals surface area contributed by atoms with Crippen LogP contribution in [-0.4, -0.2) is 15.0 Å². The first-order chi connectivity index (χ1) is 29.2. The van der Waals surface area contributed by atoms with Gasteiger partial charge in [-0.25, -0.2) is 15.0 Å². The van der Waals surface area contributed by atoms with Crippen LogP contribution in [0.2, 0.25) is 0 Å². The fourth-order valence-corrected chi connectivity index (χ4v) is 10.3. The smallest absolute Gasteiger partial charge is 0.164 e. The molecule has 4 heterocycles. The van der Waals surface area contributed by atoms with E-state index in [1.54, 1.807) is 11.3 Å². The minimum Gasteiger partial charge on any atom is -0.456 e. The summed E-state index contributed by atoms with van der Waals surface area (Å²) in [5.74, 6) is 1.87. The predicted octanol–water partition coefficient (Wildman–Crippen LogP) is 15.0. The molecule has 5 nitrogen and oxygen atoms in total. The first-order valence-corrected chi connectivity index (χ1v) is 20.5. The SMILES string of the molecule is c1ccc2c(c1)oc1cccc(-c3cccc4c(-c5nc(-c6ccc7c(ccc8oc9ccccc9c87)c6)nc(-c6cccc7sc8ccccc8c67)n5)cccc34)c12. The van der Waals surface area contributed by atoms with Crippen LogP contribution >= 0.6 is 11.3 Å². The fourth-order valence-electron chi connectivity index (χ4n) is 9.14. The Labute approximate surface area is 340 Å². The average Bonchev–Trinajstić information content (AvgIpc) is 4.00. The molecule has 0 N–H and O–H groups in total. The first kappa shape index (κ1) is 32.4. The summed E-state index contributed by atoms with van der Waals surface area (Å²) in [5.41, 5.74) is 8.59. The molecule has 0 unspecified atom stereocenters. The van der Waals surface area contributed by atoms with Crippen molar-refractivity contribution >= 4 is 96.9 Å². The molecule has 13 aromatic rings. The van der Waals surface area contributed by atoms with Gasteiger partial charge in [-0.1, -0.05) is 133 Å². The number of nitrogens with zero attached hydrogens (tertiary/aromatic N) is 3. The summed E-state index contributed by atoms with van der Waals surface area (Å²) in [7, 11) is 0. The van der Waals surface area contributed by atoms with Gasteiger partial charge in [-0.05, 0) is 75.1 Å². The number of furan rings is 2. The summed E-state index contributed by atoms with van der Waals surface area (Å²) in [6, 6.07) is 61.4. The Balaban J connectivity index is 1.06. The Hall–Kier alpha value is -7.67. The maximum Gasteiger partial charge on any atom is 0.164 e. The predicted molar refractivity (Wildman–Crippen MR) is 244 cm³/mol. The van der Waals surface area contributed by atoms with Crippen LogP contribution in [0.25, 0.3) is 131 Å². The molecule has 0 amide bonds.